The smallest absolute Gasteiger partial charge is 0.179 e. The lowest BCUT2D eigenvalue weighted by Crippen LogP contribution is -2.48. The molecule has 0 amide bonds. The zero-order valence-electron chi connectivity index (χ0n) is 10.5. The van der Waals surface area contributed by atoms with E-state index in [0.29, 0.717) is 6.04 Å². The quantitative estimate of drug-likeness (QED) is 0.811. The fourth-order valence-corrected chi connectivity index (χ4v) is 4.18. The molecule has 3 saturated heterocycles. The second-order valence-corrected chi connectivity index (χ2v) is 6.83. The maximum absolute atomic E-state index is 5.53. The highest BCUT2D eigenvalue weighted by molar-refractivity contribution is 9.10. The van der Waals surface area contributed by atoms with Gasteiger partial charge in [-0.1, -0.05) is 0 Å². The maximum atomic E-state index is 5.53. The van der Waals surface area contributed by atoms with Gasteiger partial charge in [0.15, 0.2) is 10.4 Å². The molecule has 4 nitrogen and oxygen atoms in total. The van der Waals surface area contributed by atoms with E-state index in [2.05, 4.69) is 41.4 Å². The van der Waals surface area contributed by atoms with Gasteiger partial charge in [-0.05, 0) is 66.1 Å². The Bertz CT molecular complexity index is 683. The molecule has 2 aromatic rings. The highest BCUT2D eigenvalue weighted by Crippen LogP contribution is 2.37. The molecule has 1 atom stereocenters. The van der Waals surface area contributed by atoms with Crippen molar-refractivity contribution in [1.29, 1.82) is 0 Å². The second-order valence-electron chi connectivity index (χ2n) is 5.53. The van der Waals surface area contributed by atoms with Gasteiger partial charge < -0.3 is 9.88 Å². The van der Waals surface area contributed by atoms with Gasteiger partial charge in [-0.25, -0.2) is 4.98 Å². The van der Waals surface area contributed by atoms with E-state index in [1.807, 2.05) is 6.20 Å². The molecule has 5 heterocycles. The fourth-order valence-electron chi connectivity index (χ4n) is 3.52. The Morgan fingerprint density at radius 3 is 2.84 bits per heavy atom. The Morgan fingerprint density at radius 1 is 1.37 bits per heavy atom. The van der Waals surface area contributed by atoms with Gasteiger partial charge in [-0.2, -0.15) is 0 Å². The number of halogens is 1. The molecule has 19 heavy (non-hydrogen) atoms. The Hall–Kier alpha value is -0.720. The molecule has 1 N–H and O–H groups in total. The van der Waals surface area contributed by atoms with Crippen LogP contribution in [0.1, 0.15) is 18.9 Å². The molecule has 5 rings (SSSR count). The van der Waals surface area contributed by atoms with E-state index in [4.69, 9.17) is 12.2 Å². The van der Waals surface area contributed by atoms with Crippen LogP contribution in [0.15, 0.2) is 16.7 Å². The van der Waals surface area contributed by atoms with E-state index in [1.54, 1.807) is 0 Å². The summed E-state index contributed by atoms with van der Waals surface area (Å²) in [5, 5.41) is 0. The third-order valence-electron chi connectivity index (χ3n) is 4.48. The predicted octanol–water partition coefficient (Wildman–Crippen LogP) is 3.12. The first-order valence-electron chi connectivity index (χ1n) is 6.70. The third kappa shape index (κ3) is 1.88. The number of H-pyrrole nitrogens is 1. The Balaban J connectivity index is 1.87. The van der Waals surface area contributed by atoms with E-state index in [0.717, 1.165) is 32.9 Å². The largest absolute Gasteiger partial charge is 0.329 e. The number of aromatic nitrogens is 3. The monoisotopic (exact) mass is 338 g/mol. The highest BCUT2D eigenvalue weighted by Gasteiger charge is 2.36. The summed E-state index contributed by atoms with van der Waals surface area (Å²) < 4.78 is 4.03. The molecule has 0 radical (unpaired) electrons. The summed E-state index contributed by atoms with van der Waals surface area (Å²) in [5.74, 6) is 0.751. The van der Waals surface area contributed by atoms with Gasteiger partial charge in [-0.15, -0.1) is 0 Å². The molecule has 0 aromatic carbocycles. The molecule has 0 spiro atoms. The van der Waals surface area contributed by atoms with Crippen LogP contribution in [-0.4, -0.2) is 39.1 Å². The van der Waals surface area contributed by atoms with Crippen LogP contribution >= 0.6 is 28.1 Å². The zero-order chi connectivity index (χ0) is 13.0. The zero-order valence-corrected chi connectivity index (χ0v) is 12.9. The van der Waals surface area contributed by atoms with Crippen LogP contribution in [0.4, 0.5) is 0 Å². The van der Waals surface area contributed by atoms with Crippen molar-refractivity contribution in [3.8, 4) is 0 Å². The third-order valence-corrected chi connectivity index (χ3v) is 5.21. The van der Waals surface area contributed by atoms with Gasteiger partial charge in [0, 0.05) is 17.2 Å². The molecule has 6 heteroatoms. The minimum atomic E-state index is 0.484. The number of pyridine rings is 1. The summed E-state index contributed by atoms with van der Waals surface area (Å²) in [6.07, 6.45) is 4.42. The van der Waals surface area contributed by atoms with Crippen LogP contribution < -0.4 is 0 Å². The van der Waals surface area contributed by atoms with Gasteiger partial charge in [-0.3, -0.25) is 4.57 Å². The Labute approximate surface area is 125 Å². The van der Waals surface area contributed by atoms with Gasteiger partial charge in [0.25, 0.3) is 0 Å². The molecule has 0 aliphatic carbocycles. The fraction of sp³-hybridized carbons (Fsp3) is 0.538. The standard InChI is InChI=1S/C13H15BrN4S/c14-9-5-10-12(15-6-9)18(13(19)16-10)11-7-17-3-1-8(11)2-4-17/h5-6,8,11H,1-4,7H2,(H,16,19). The van der Waals surface area contributed by atoms with Crippen molar-refractivity contribution in [1.82, 2.24) is 19.4 Å². The van der Waals surface area contributed by atoms with Crippen LogP contribution in [0, 0.1) is 10.7 Å². The molecule has 3 aliphatic heterocycles. The molecule has 3 aliphatic rings. The number of nitrogens with zero attached hydrogens (tertiary/aromatic N) is 3. The minimum absolute atomic E-state index is 0.484. The number of fused-ring (bicyclic) bond motifs is 4. The van der Waals surface area contributed by atoms with Gasteiger partial charge in [0.2, 0.25) is 0 Å². The van der Waals surface area contributed by atoms with Crippen LogP contribution in [0.3, 0.4) is 0 Å². The number of nitrogens with one attached hydrogen (secondary N) is 1. The van der Waals surface area contributed by atoms with Crippen LogP contribution in [0.5, 0.6) is 0 Å². The lowest BCUT2D eigenvalue weighted by molar-refractivity contribution is 0.0580. The van der Waals surface area contributed by atoms with E-state index in [9.17, 15) is 0 Å². The first-order valence-corrected chi connectivity index (χ1v) is 7.90. The Kier molecular flexibility index (Phi) is 2.79. The van der Waals surface area contributed by atoms with Gasteiger partial charge >= 0.3 is 0 Å². The van der Waals surface area contributed by atoms with Crippen molar-refractivity contribution in [2.75, 3.05) is 19.6 Å². The summed E-state index contributed by atoms with van der Waals surface area (Å²) >= 11 is 8.99. The average Bonchev–Trinajstić information content (AvgIpc) is 2.75. The molecule has 0 saturated carbocycles. The number of piperidine rings is 3. The average molecular weight is 339 g/mol. The summed E-state index contributed by atoms with van der Waals surface area (Å²) in [4.78, 5) is 10.4. The maximum Gasteiger partial charge on any atom is 0.179 e. The summed E-state index contributed by atoms with van der Waals surface area (Å²) in [5.41, 5.74) is 2.02. The number of imidazole rings is 1. The van der Waals surface area contributed by atoms with E-state index >= 15 is 0 Å². The molecular weight excluding hydrogens is 324 g/mol. The van der Waals surface area contributed by atoms with Crippen molar-refractivity contribution in [2.24, 2.45) is 5.92 Å². The molecule has 2 aromatic heterocycles. The first kappa shape index (κ1) is 12.1. The van der Waals surface area contributed by atoms with Gasteiger partial charge in [0.05, 0.1) is 11.6 Å². The summed E-state index contributed by atoms with van der Waals surface area (Å²) in [7, 11) is 0. The highest BCUT2D eigenvalue weighted by atomic mass is 79.9. The van der Waals surface area contributed by atoms with E-state index < -0.39 is 0 Å². The van der Waals surface area contributed by atoms with Crippen molar-refractivity contribution < 1.29 is 0 Å². The molecule has 100 valence electrons. The first-order chi connectivity index (χ1) is 9.22. The van der Waals surface area contributed by atoms with Crippen molar-refractivity contribution in [3.05, 3.63) is 21.5 Å². The molecular formula is C13H15BrN4S. The number of rotatable bonds is 1. The molecule has 2 bridgehead atoms. The number of hydrogen-bond donors (Lipinski definition) is 1. The van der Waals surface area contributed by atoms with Crippen LogP contribution in [0.25, 0.3) is 11.2 Å². The number of hydrogen-bond acceptors (Lipinski definition) is 3. The summed E-state index contributed by atoms with van der Waals surface area (Å²) in [6.45, 7) is 3.61. The van der Waals surface area contributed by atoms with Crippen molar-refractivity contribution in [2.45, 2.75) is 18.9 Å². The minimum Gasteiger partial charge on any atom is -0.329 e. The SMILES string of the molecule is S=c1[nH]c2cc(Br)cnc2n1C1CN2CCC1CC2. The normalized spacial score (nSPS) is 30.1. The van der Waals surface area contributed by atoms with Crippen molar-refractivity contribution in [3.63, 3.8) is 0 Å². The summed E-state index contributed by atoms with van der Waals surface area (Å²) in [6, 6.07) is 2.54. The lowest BCUT2D eigenvalue weighted by atomic mass is 9.84. The van der Waals surface area contributed by atoms with Crippen LogP contribution in [0.2, 0.25) is 0 Å². The topological polar surface area (TPSA) is 36.9 Å². The van der Waals surface area contributed by atoms with E-state index in [1.165, 1.54) is 25.9 Å². The second kappa shape index (κ2) is 4.40. The van der Waals surface area contributed by atoms with Crippen LogP contribution in [-0.2, 0) is 0 Å². The predicted molar refractivity (Wildman–Crippen MR) is 80.8 cm³/mol. The van der Waals surface area contributed by atoms with E-state index in [-0.39, 0.29) is 0 Å². The molecule has 1 unspecified atom stereocenters. The number of aromatic amines is 1. The van der Waals surface area contributed by atoms with Gasteiger partial charge in [0.1, 0.15) is 0 Å². The molecule has 3 fully saturated rings. The van der Waals surface area contributed by atoms with Crippen molar-refractivity contribution >= 4 is 39.3 Å². The lowest BCUT2D eigenvalue weighted by Gasteiger charge is -2.45. The Morgan fingerprint density at radius 2 is 2.16 bits per heavy atom.